The van der Waals surface area contributed by atoms with Gasteiger partial charge in [-0.2, -0.15) is 0 Å². The third-order valence-electron chi connectivity index (χ3n) is 3.61. The van der Waals surface area contributed by atoms with Gasteiger partial charge >= 0.3 is 0 Å². The molecule has 2 aliphatic carbocycles. The molecule has 0 saturated heterocycles. The average molecular weight is 249 g/mol. The Balaban J connectivity index is 1.70. The van der Waals surface area contributed by atoms with Crippen LogP contribution in [-0.2, 0) is 0 Å². The van der Waals surface area contributed by atoms with E-state index in [0.29, 0.717) is 0 Å². The molecule has 2 bridgehead atoms. The van der Waals surface area contributed by atoms with Gasteiger partial charge in [-0.25, -0.2) is 0 Å². The molecule has 0 aromatic rings. The lowest BCUT2D eigenvalue weighted by Crippen LogP contribution is -2.13. The summed E-state index contributed by atoms with van der Waals surface area (Å²) < 4.78 is -0.381. The zero-order valence-corrected chi connectivity index (χ0v) is 12.2. The van der Waals surface area contributed by atoms with E-state index < -0.39 is 0 Å². The Morgan fingerprint density at radius 1 is 1.29 bits per heavy atom. The van der Waals surface area contributed by atoms with Gasteiger partial charge in [-0.3, -0.25) is 0 Å². The van der Waals surface area contributed by atoms with Crippen molar-refractivity contribution in [2.75, 3.05) is 0 Å². The van der Waals surface area contributed by atoms with Gasteiger partial charge in [0.25, 0.3) is 0 Å². The maximum atomic E-state index is 6.01. The molecule has 0 aliphatic heterocycles. The first-order valence-electron chi connectivity index (χ1n) is 5.61. The highest BCUT2D eigenvalue weighted by Crippen LogP contribution is 2.45. The van der Waals surface area contributed by atoms with Crippen LogP contribution in [0.5, 0.6) is 0 Å². The van der Waals surface area contributed by atoms with E-state index in [0.717, 1.165) is 34.4 Å². The Morgan fingerprint density at radius 2 is 2.07 bits per heavy atom. The number of rotatable bonds is 4. The van der Waals surface area contributed by atoms with E-state index in [1.807, 2.05) is 0 Å². The van der Waals surface area contributed by atoms with E-state index in [2.05, 4.69) is 12.2 Å². The molecule has 1 fully saturated rings. The summed E-state index contributed by atoms with van der Waals surface area (Å²) in [6.07, 6.45) is 11.2. The first kappa shape index (κ1) is 11.0. The van der Waals surface area contributed by atoms with Crippen LogP contribution in [0.25, 0.3) is 0 Å². The lowest BCUT2D eigenvalue weighted by atomic mass is 9.89. The first-order valence-corrected chi connectivity index (χ1v) is 7.36. The molecule has 14 heavy (non-hydrogen) atoms. The molecule has 0 amide bonds. The van der Waals surface area contributed by atoms with Crippen LogP contribution >= 0.6 is 23.2 Å². The lowest BCUT2D eigenvalue weighted by molar-refractivity contribution is 0.399. The molecule has 80 valence electrons. The molecule has 0 radical (unpaired) electrons. The van der Waals surface area contributed by atoms with Gasteiger partial charge in [0.15, 0.2) is 0 Å². The molecular formula is C11H18Cl2Si. The Bertz CT molecular complexity index is 232. The molecule has 0 aromatic heterocycles. The zero-order chi connectivity index (χ0) is 10.2. The lowest BCUT2D eigenvalue weighted by Gasteiger charge is -2.19. The molecular weight excluding hydrogens is 231 g/mol. The van der Waals surface area contributed by atoms with Crippen molar-refractivity contribution < 1.29 is 0 Å². The molecule has 1 saturated carbocycles. The maximum Gasteiger partial charge on any atom is 0.0972 e. The molecule has 0 N–H and O–H groups in total. The molecule has 3 atom stereocenters. The van der Waals surface area contributed by atoms with Gasteiger partial charge in [0.1, 0.15) is 0 Å². The van der Waals surface area contributed by atoms with Crippen molar-refractivity contribution in [1.82, 2.24) is 0 Å². The van der Waals surface area contributed by atoms with Crippen molar-refractivity contribution in [2.24, 2.45) is 17.8 Å². The Labute approximate surface area is 99.5 Å². The number of allylic oxidation sites excluding steroid dienone is 2. The highest BCUT2D eigenvalue weighted by atomic mass is 35.5. The zero-order valence-electron chi connectivity index (χ0n) is 8.68. The summed E-state index contributed by atoms with van der Waals surface area (Å²) >= 11 is 12.0. The molecule has 2 rings (SSSR count). The fourth-order valence-corrected chi connectivity index (χ4v) is 3.52. The van der Waals surface area contributed by atoms with E-state index >= 15 is 0 Å². The van der Waals surface area contributed by atoms with E-state index in [4.69, 9.17) is 23.2 Å². The highest BCUT2D eigenvalue weighted by molar-refractivity contribution is 6.65. The topological polar surface area (TPSA) is 0 Å². The summed E-state index contributed by atoms with van der Waals surface area (Å²) in [7, 11) is 0.878. The molecule has 0 aromatic carbocycles. The van der Waals surface area contributed by atoms with Crippen LogP contribution in [0.1, 0.15) is 32.1 Å². The van der Waals surface area contributed by atoms with Crippen molar-refractivity contribution >= 4 is 33.4 Å². The minimum Gasteiger partial charge on any atom is -0.107 e. The van der Waals surface area contributed by atoms with Crippen LogP contribution < -0.4 is 0 Å². The standard InChI is InChI=1S/C11H18Cl2Si/c12-11(13,14)5-1-2-9-6-8-3-4-10(9)7-8/h3-4,8-10H,1-2,5-7H2,14H3. The number of halogens is 2. The summed E-state index contributed by atoms with van der Waals surface area (Å²) in [5.74, 6) is 2.72. The van der Waals surface area contributed by atoms with Gasteiger partial charge in [0.2, 0.25) is 0 Å². The molecule has 0 spiro atoms. The Hall–Kier alpha value is 0.537. The van der Waals surface area contributed by atoms with Crippen molar-refractivity contribution in [3.8, 4) is 0 Å². The third kappa shape index (κ3) is 2.77. The predicted octanol–water partition coefficient (Wildman–Crippen LogP) is 2.87. The van der Waals surface area contributed by atoms with Crippen molar-refractivity contribution in [1.29, 1.82) is 0 Å². The highest BCUT2D eigenvalue weighted by Gasteiger charge is 2.35. The van der Waals surface area contributed by atoms with Gasteiger partial charge in [0.05, 0.1) is 3.96 Å². The summed E-state index contributed by atoms with van der Waals surface area (Å²) in [6, 6.07) is 0. The second-order valence-corrected chi connectivity index (χ2v) is 9.84. The van der Waals surface area contributed by atoms with Gasteiger partial charge < -0.3 is 0 Å². The normalized spacial score (nSPS) is 35.7. The van der Waals surface area contributed by atoms with Crippen LogP contribution in [0.4, 0.5) is 0 Å². The summed E-state index contributed by atoms with van der Waals surface area (Å²) in [4.78, 5) is 0. The van der Waals surface area contributed by atoms with Crippen molar-refractivity contribution in [3.63, 3.8) is 0 Å². The Kier molecular flexibility index (Phi) is 3.30. The number of fused-ring (bicyclic) bond motifs is 2. The Morgan fingerprint density at radius 3 is 2.57 bits per heavy atom. The van der Waals surface area contributed by atoms with E-state index in [-0.39, 0.29) is 3.96 Å². The monoisotopic (exact) mass is 248 g/mol. The number of hydrogen-bond acceptors (Lipinski definition) is 0. The van der Waals surface area contributed by atoms with E-state index in [9.17, 15) is 0 Å². The fraction of sp³-hybridized carbons (Fsp3) is 0.818. The number of hydrogen-bond donors (Lipinski definition) is 0. The quantitative estimate of drug-likeness (QED) is 0.408. The summed E-state index contributed by atoms with van der Waals surface area (Å²) in [5, 5.41) is 0. The minimum atomic E-state index is -0.381. The fourth-order valence-electron chi connectivity index (χ4n) is 2.90. The van der Waals surface area contributed by atoms with Gasteiger partial charge in [0, 0.05) is 10.2 Å². The van der Waals surface area contributed by atoms with Gasteiger partial charge in [-0.1, -0.05) is 18.6 Å². The maximum absolute atomic E-state index is 6.01. The molecule has 3 heteroatoms. The van der Waals surface area contributed by atoms with Crippen molar-refractivity contribution in [2.45, 2.75) is 36.1 Å². The molecule has 2 aliphatic rings. The smallest absolute Gasteiger partial charge is 0.0972 e. The van der Waals surface area contributed by atoms with Crippen LogP contribution in [0, 0.1) is 17.8 Å². The van der Waals surface area contributed by atoms with Crippen LogP contribution in [0.3, 0.4) is 0 Å². The molecule has 0 nitrogen and oxygen atoms in total. The van der Waals surface area contributed by atoms with Crippen LogP contribution in [0.15, 0.2) is 12.2 Å². The van der Waals surface area contributed by atoms with Gasteiger partial charge in [-0.05, 0) is 43.4 Å². The second-order valence-electron chi connectivity index (χ2n) is 5.00. The molecule has 3 unspecified atom stereocenters. The predicted molar refractivity (Wildman–Crippen MR) is 67.1 cm³/mol. The average Bonchev–Trinajstić information content (AvgIpc) is 2.62. The first-order chi connectivity index (χ1) is 6.54. The van der Waals surface area contributed by atoms with Crippen molar-refractivity contribution in [3.05, 3.63) is 12.2 Å². The largest absolute Gasteiger partial charge is 0.107 e. The van der Waals surface area contributed by atoms with Gasteiger partial charge in [-0.15, -0.1) is 23.2 Å². The molecule has 0 heterocycles. The van der Waals surface area contributed by atoms with E-state index in [1.165, 1.54) is 25.7 Å². The third-order valence-corrected chi connectivity index (χ3v) is 4.49. The van der Waals surface area contributed by atoms with Crippen LogP contribution in [0.2, 0.25) is 0 Å². The van der Waals surface area contributed by atoms with E-state index in [1.54, 1.807) is 0 Å². The summed E-state index contributed by atoms with van der Waals surface area (Å²) in [6.45, 7) is 0. The number of alkyl halides is 2. The minimum absolute atomic E-state index is 0.381. The summed E-state index contributed by atoms with van der Waals surface area (Å²) in [5.41, 5.74) is 0. The SMILES string of the molecule is [SiH3]C(Cl)(Cl)CCCC1CC2C=CC1C2. The van der Waals surface area contributed by atoms with Crippen LogP contribution in [-0.4, -0.2) is 14.2 Å². The second kappa shape index (κ2) is 4.19.